The molecule has 1 atom stereocenters. The first-order valence-corrected chi connectivity index (χ1v) is 9.28. The van der Waals surface area contributed by atoms with Gasteiger partial charge in [0.15, 0.2) is 5.69 Å². The summed E-state index contributed by atoms with van der Waals surface area (Å²) in [6.07, 6.45) is -3.44. The van der Waals surface area contributed by atoms with Gasteiger partial charge in [-0.2, -0.15) is 13.2 Å². The molecule has 0 bridgehead atoms. The smallest absolute Gasteiger partial charge is 0.416 e. The van der Waals surface area contributed by atoms with Crippen molar-refractivity contribution >= 4 is 29.1 Å². The van der Waals surface area contributed by atoms with Crippen molar-refractivity contribution in [1.29, 1.82) is 0 Å². The van der Waals surface area contributed by atoms with Crippen molar-refractivity contribution in [1.82, 2.24) is 20.4 Å². The van der Waals surface area contributed by atoms with Crippen molar-refractivity contribution in [3.63, 3.8) is 0 Å². The summed E-state index contributed by atoms with van der Waals surface area (Å²) < 4.78 is 48.3. The van der Waals surface area contributed by atoms with Crippen LogP contribution < -0.4 is 15.4 Å². The van der Waals surface area contributed by atoms with Crippen LogP contribution in [-0.2, 0) is 6.18 Å². The SMILES string of the molecule is COc1ncnc(C(=O)NC(C)c2cc(C(=O)Nc3cccc(C(F)(F)F)c3)on2)c1Cl. The minimum absolute atomic E-state index is 0.0226. The molecule has 2 N–H and O–H groups in total. The number of nitrogens with zero attached hydrogens (tertiary/aromatic N) is 3. The minimum atomic E-state index is -4.55. The van der Waals surface area contributed by atoms with E-state index < -0.39 is 29.6 Å². The largest absolute Gasteiger partial charge is 0.480 e. The first-order valence-electron chi connectivity index (χ1n) is 8.90. The normalized spacial score (nSPS) is 12.2. The molecule has 0 spiro atoms. The summed E-state index contributed by atoms with van der Waals surface area (Å²) in [7, 11) is 1.33. The highest BCUT2D eigenvalue weighted by Crippen LogP contribution is 2.31. The first kappa shape index (κ1) is 23.0. The quantitative estimate of drug-likeness (QED) is 0.562. The van der Waals surface area contributed by atoms with Gasteiger partial charge in [-0.05, 0) is 25.1 Å². The average molecular weight is 470 g/mol. The number of anilines is 1. The molecule has 0 saturated carbocycles. The van der Waals surface area contributed by atoms with E-state index in [1.807, 2.05) is 0 Å². The monoisotopic (exact) mass is 469 g/mol. The summed E-state index contributed by atoms with van der Waals surface area (Å²) in [5.41, 5.74) is -0.928. The van der Waals surface area contributed by atoms with E-state index >= 15 is 0 Å². The highest BCUT2D eigenvalue weighted by Gasteiger charge is 2.30. The van der Waals surface area contributed by atoms with E-state index in [-0.39, 0.29) is 33.7 Å². The lowest BCUT2D eigenvalue weighted by Gasteiger charge is -2.11. The van der Waals surface area contributed by atoms with Gasteiger partial charge in [-0.3, -0.25) is 9.59 Å². The van der Waals surface area contributed by atoms with Gasteiger partial charge in [0.05, 0.1) is 18.7 Å². The molecule has 3 aromatic rings. The summed E-state index contributed by atoms with van der Waals surface area (Å²) in [4.78, 5) is 32.3. The third kappa shape index (κ3) is 5.14. The Morgan fingerprint density at radius 2 is 1.94 bits per heavy atom. The van der Waals surface area contributed by atoms with Gasteiger partial charge in [0.25, 0.3) is 11.8 Å². The molecule has 0 saturated heterocycles. The van der Waals surface area contributed by atoms with Gasteiger partial charge in [-0.1, -0.05) is 22.8 Å². The van der Waals surface area contributed by atoms with Crippen LogP contribution in [0.4, 0.5) is 18.9 Å². The summed E-state index contributed by atoms with van der Waals surface area (Å²) in [5.74, 6) is -1.71. The molecule has 9 nitrogen and oxygen atoms in total. The zero-order valence-electron chi connectivity index (χ0n) is 16.5. The predicted molar refractivity (Wildman–Crippen MR) is 105 cm³/mol. The fraction of sp³-hybridized carbons (Fsp3) is 0.211. The Balaban J connectivity index is 1.69. The van der Waals surface area contributed by atoms with Crippen LogP contribution in [-0.4, -0.2) is 34.0 Å². The van der Waals surface area contributed by atoms with Gasteiger partial charge in [-0.15, -0.1) is 0 Å². The number of benzene rings is 1. The maximum absolute atomic E-state index is 12.8. The van der Waals surface area contributed by atoms with Crippen LogP contribution in [0.15, 0.2) is 41.2 Å². The second kappa shape index (κ2) is 9.22. The molecule has 2 amide bonds. The number of alkyl halides is 3. The summed E-state index contributed by atoms with van der Waals surface area (Å²) in [6, 6.07) is 4.65. The highest BCUT2D eigenvalue weighted by molar-refractivity contribution is 6.34. The van der Waals surface area contributed by atoms with Crippen LogP contribution in [0.5, 0.6) is 5.88 Å². The van der Waals surface area contributed by atoms with Gasteiger partial charge in [0.1, 0.15) is 17.0 Å². The minimum Gasteiger partial charge on any atom is -0.480 e. The number of aromatic nitrogens is 3. The van der Waals surface area contributed by atoms with Crippen LogP contribution >= 0.6 is 11.6 Å². The fourth-order valence-corrected chi connectivity index (χ4v) is 2.82. The van der Waals surface area contributed by atoms with Crippen molar-refractivity contribution in [2.75, 3.05) is 12.4 Å². The lowest BCUT2D eigenvalue weighted by molar-refractivity contribution is -0.137. The number of halogens is 4. The number of methoxy groups -OCH3 is 1. The number of amides is 2. The molecule has 1 unspecified atom stereocenters. The van der Waals surface area contributed by atoms with E-state index in [0.29, 0.717) is 0 Å². The van der Waals surface area contributed by atoms with Crippen molar-refractivity contribution in [2.45, 2.75) is 19.1 Å². The van der Waals surface area contributed by atoms with Crippen molar-refractivity contribution in [2.24, 2.45) is 0 Å². The van der Waals surface area contributed by atoms with Crippen molar-refractivity contribution in [3.05, 3.63) is 64.4 Å². The van der Waals surface area contributed by atoms with Crippen LogP contribution in [0.3, 0.4) is 0 Å². The molecular weight excluding hydrogens is 455 g/mol. The molecule has 0 aliphatic heterocycles. The van der Waals surface area contributed by atoms with Crippen LogP contribution in [0.1, 0.15) is 45.3 Å². The number of rotatable bonds is 6. The molecule has 0 aliphatic rings. The van der Waals surface area contributed by atoms with Gasteiger partial charge in [0, 0.05) is 11.8 Å². The summed E-state index contributed by atoms with van der Waals surface area (Å²) in [6.45, 7) is 1.57. The van der Waals surface area contributed by atoms with Crippen molar-refractivity contribution in [3.8, 4) is 5.88 Å². The molecule has 168 valence electrons. The zero-order chi connectivity index (χ0) is 23.5. The van der Waals surface area contributed by atoms with E-state index in [2.05, 4.69) is 25.8 Å². The van der Waals surface area contributed by atoms with E-state index in [4.69, 9.17) is 20.9 Å². The molecule has 32 heavy (non-hydrogen) atoms. The van der Waals surface area contributed by atoms with E-state index in [1.54, 1.807) is 6.92 Å². The predicted octanol–water partition coefficient (Wildman–Crippen LogP) is 3.89. The lowest BCUT2D eigenvalue weighted by Crippen LogP contribution is -2.28. The first-order chi connectivity index (χ1) is 15.1. The molecule has 2 heterocycles. The van der Waals surface area contributed by atoms with Crippen LogP contribution in [0.25, 0.3) is 0 Å². The van der Waals surface area contributed by atoms with E-state index in [9.17, 15) is 22.8 Å². The Morgan fingerprint density at radius 3 is 2.62 bits per heavy atom. The number of carbonyl (C=O) groups excluding carboxylic acids is 2. The lowest BCUT2D eigenvalue weighted by atomic mass is 10.2. The molecule has 1 aromatic carbocycles. The Morgan fingerprint density at radius 1 is 1.19 bits per heavy atom. The highest BCUT2D eigenvalue weighted by atomic mass is 35.5. The molecule has 0 fully saturated rings. The van der Waals surface area contributed by atoms with E-state index in [1.165, 1.54) is 19.2 Å². The number of hydrogen-bond donors (Lipinski definition) is 2. The Bertz CT molecular complexity index is 1150. The Hall–Kier alpha value is -3.67. The number of carbonyl (C=O) groups is 2. The van der Waals surface area contributed by atoms with E-state index in [0.717, 1.165) is 24.5 Å². The van der Waals surface area contributed by atoms with Crippen LogP contribution in [0.2, 0.25) is 5.02 Å². The van der Waals surface area contributed by atoms with Gasteiger partial charge < -0.3 is 19.9 Å². The number of ether oxygens (including phenoxy) is 1. The van der Waals surface area contributed by atoms with Crippen LogP contribution in [0, 0.1) is 0 Å². The number of nitrogens with one attached hydrogen (secondary N) is 2. The molecule has 0 aliphatic carbocycles. The van der Waals surface area contributed by atoms with Gasteiger partial charge >= 0.3 is 6.18 Å². The average Bonchev–Trinajstić information content (AvgIpc) is 3.24. The molecule has 0 radical (unpaired) electrons. The maximum atomic E-state index is 12.8. The van der Waals surface area contributed by atoms with Gasteiger partial charge in [0.2, 0.25) is 11.6 Å². The molecular formula is C19H15ClF3N5O4. The Labute approximate surface area is 183 Å². The number of hydrogen-bond acceptors (Lipinski definition) is 7. The third-order valence-corrected chi connectivity index (χ3v) is 4.50. The molecule has 3 rings (SSSR count). The fourth-order valence-electron chi connectivity index (χ4n) is 2.56. The zero-order valence-corrected chi connectivity index (χ0v) is 17.3. The maximum Gasteiger partial charge on any atom is 0.416 e. The molecule has 13 heteroatoms. The summed E-state index contributed by atoms with van der Waals surface area (Å²) >= 11 is 6.03. The standard InChI is InChI=1S/C19H15ClF3N5O4/c1-9(26-17(30)15-14(20)18(31-2)25-8-24-15)12-7-13(32-28-12)16(29)27-11-5-3-4-10(6-11)19(21,22)23/h3-9H,1-2H3,(H,26,30)(H,27,29). The van der Waals surface area contributed by atoms with Gasteiger partial charge in [-0.25, -0.2) is 9.97 Å². The topological polar surface area (TPSA) is 119 Å². The third-order valence-electron chi connectivity index (χ3n) is 4.16. The molecule has 2 aromatic heterocycles. The Kier molecular flexibility index (Phi) is 6.63. The van der Waals surface area contributed by atoms with Crippen molar-refractivity contribution < 1.29 is 32.0 Å². The second-order valence-electron chi connectivity index (χ2n) is 6.39. The summed E-state index contributed by atoms with van der Waals surface area (Å²) in [5, 5.41) is 8.52. The second-order valence-corrected chi connectivity index (χ2v) is 6.77.